The number of rotatable bonds is 6. The van der Waals surface area contributed by atoms with E-state index in [1.165, 1.54) is 21.6 Å². The molecule has 0 radical (unpaired) electrons. The number of carbonyl (C=O) groups is 1. The number of hydrogen-bond donors (Lipinski definition) is 1. The third kappa shape index (κ3) is 6.02. The lowest BCUT2D eigenvalue weighted by atomic mass is 10.2. The number of aromatic nitrogens is 1. The van der Waals surface area contributed by atoms with Gasteiger partial charge in [-0.1, -0.05) is 30.7 Å². The molecule has 3 nitrogen and oxygen atoms in total. The third-order valence-corrected chi connectivity index (χ3v) is 3.81. The number of amides is 1. The van der Waals surface area contributed by atoms with Crippen LogP contribution in [-0.2, 0) is 4.79 Å². The average Bonchev–Trinajstić information content (AvgIpc) is 2.28. The first-order valence-electron chi connectivity index (χ1n) is 5.15. The summed E-state index contributed by atoms with van der Waals surface area (Å²) in [6.07, 6.45) is 1.75. The smallest absolute Gasteiger partial charge is 0.230 e. The van der Waals surface area contributed by atoms with Crippen molar-refractivity contribution in [2.45, 2.75) is 18.9 Å². The molecular formula is C11H16N2OS2. The van der Waals surface area contributed by atoms with Gasteiger partial charge in [0.2, 0.25) is 5.91 Å². The number of pyridine rings is 1. The van der Waals surface area contributed by atoms with Crippen LogP contribution in [0.1, 0.15) is 13.8 Å². The van der Waals surface area contributed by atoms with Crippen molar-refractivity contribution in [3.63, 3.8) is 0 Å². The highest BCUT2D eigenvalue weighted by Crippen LogP contribution is 2.28. The summed E-state index contributed by atoms with van der Waals surface area (Å²) in [5.41, 5.74) is 0. The first kappa shape index (κ1) is 13.4. The van der Waals surface area contributed by atoms with Crippen LogP contribution in [0.4, 0.5) is 0 Å². The Labute approximate surface area is 104 Å². The largest absolute Gasteiger partial charge is 0.355 e. The van der Waals surface area contributed by atoms with E-state index in [0.29, 0.717) is 11.7 Å². The highest BCUT2D eigenvalue weighted by molar-refractivity contribution is 8.76. The van der Waals surface area contributed by atoms with Crippen LogP contribution in [0.3, 0.4) is 0 Å². The molecule has 0 aromatic carbocycles. The van der Waals surface area contributed by atoms with Crippen molar-refractivity contribution in [3.05, 3.63) is 24.4 Å². The van der Waals surface area contributed by atoms with Crippen LogP contribution < -0.4 is 5.32 Å². The number of nitrogens with zero attached hydrogens (tertiary/aromatic N) is 1. The van der Waals surface area contributed by atoms with Crippen molar-refractivity contribution >= 4 is 27.5 Å². The highest BCUT2D eigenvalue weighted by Gasteiger charge is 2.03. The Morgan fingerprint density at radius 3 is 2.94 bits per heavy atom. The molecule has 1 amide bonds. The molecule has 0 saturated heterocycles. The Morgan fingerprint density at radius 1 is 1.50 bits per heavy atom. The second kappa shape index (κ2) is 7.57. The number of hydrogen-bond acceptors (Lipinski definition) is 4. The molecule has 1 N–H and O–H groups in total. The minimum absolute atomic E-state index is 0.0853. The molecule has 0 saturated carbocycles. The zero-order chi connectivity index (χ0) is 11.8. The van der Waals surface area contributed by atoms with Gasteiger partial charge in [0.25, 0.3) is 0 Å². The Morgan fingerprint density at radius 2 is 2.31 bits per heavy atom. The number of carbonyl (C=O) groups excluding carboxylic acids is 1. The van der Waals surface area contributed by atoms with Gasteiger partial charge in [0, 0.05) is 12.7 Å². The molecule has 0 fully saturated rings. The fourth-order valence-corrected chi connectivity index (χ4v) is 2.69. The summed E-state index contributed by atoms with van der Waals surface area (Å²) in [6, 6.07) is 5.75. The molecule has 5 heteroatoms. The lowest BCUT2D eigenvalue weighted by Gasteiger charge is -2.06. The van der Waals surface area contributed by atoms with Crippen LogP contribution in [-0.4, -0.2) is 23.2 Å². The van der Waals surface area contributed by atoms with Gasteiger partial charge in [0.1, 0.15) is 5.03 Å². The molecule has 0 unspecified atom stereocenters. The van der Waals surface area contributed by atoms with Crippen LogP contribution in [0.5, 0.6) is 0 Å². The maximum atomic E-state index is 11.4. The Kier molecular flexibility index (Phi) is 6.33. The van der Waals surface area contributed by atoms with Gasteiger partial charge in [0.15, 0.2) is 0 Å². The maximum Gasteiger partial charge on any atom is 0.230 e. The molecule has 88 valence electrons. The summed E-state index contributed by atoms with van der Waals surface area (Å²) in [5.74, 6) is 1.05. The standard InChI is InChI=1S/C11H16N2OS2/c1-9(2)7-13-10(14)8-15-16-11-5-3-4-6-12-11/h3-6,9H,7-8H2,1-2H3,(H,13,14). The van der Waals surface area contributed by atoms with E-state index in [1.807, 2.05) is 18.2 Å². The van der Waals surface area contributed by atoms with Crippen LogP contribution in [0.2, 0.25) is 0 Å². The zero-order valence-corrected chi connectivity index (χ0v) is 11.1. The Balaban J connectivity index is 2.13. The second-order valence-electron chi connectivity index (χ2n) is 3.71. The van der Waals surface area contributed by atoms with Crippen molar-refractivity contribution in [3.8, 4) is 0 Å². The SMILES string of the molecule is CC(C)CNC(=O)CSSc1ccccn1. The van der Waals surface area contributed by atoms with Crippen LogP contribution in [0.15, 0.2) is 29.4 Å². The van der Waals surface area contributed by atoms with Crippen molar-refractivity contribution in [1.29, 1.82) is 0 Å². The molecular weight excluding hydrogens is 240 g/mol. The van der Waals surface area contributed by atoms with Crippen LogP contribution in [0, 0.1) is 5.92 Å². The van der Waals surface area contributed by atoms with Gasteiger partial charge in [-0.05, 0) is 28.8 Å². The van der Waals surface area contributed by atoms with Gasteiger partial charge >= 0.3 is 0 Å². The molecule has 0 atom stereocenters. The summed E-state index contributed by atoms with van der Waals surface area (Å²) >= 11 is 0. The molecule has 0 aliphatic rings. The van der Waals surface area contributed by atoms with E-state index in [9.17, 15) is 4.79 Å². The molecule has 0 aliphatic carbocycles. The van der Waals surface area contributed by atoms with Crippen molar-refractivity contribution in [2.24, 2.45) is 5.92 Å². The van der Waals surface area contributed by atoms with Gasteiger partial charge in [-0.25, -0.2) is 4.98 Å². The Bertz CT molecular complexity index is 317. The lowest BCUT2D eigenvalue weighted by molar-refractivity contribution is -0.118. The fraction of sp³-hybridized carbons (Fsp3) is 0.455. The first-order valence-corrected chi connectivity index (χ1v) is 7.47. The van der Waals surface area contributed by atoms with Gasteiger partial charge in [-0.3, -0.25) is 4.79 Å². The maximum absolute atomic E-state index is 11.4. The molecule has 1 rings (SSSR count). The summed E-state index contributed by atoms with van der Waals surface area (Å²) in [6.45, 7) is 4.90. The summed E-state index contributed by atoms with van der Waals surface area (Å²) in [4.78, 5) is 15.5. The summed E-state index contributed by atoms with van der Waals surface area (Å²) in [5, 5.41) is 3.81. The van der Waals surface area contributed by atoms with E-state index in [2.05, 4.69) is 24.1 Å². The third-order valence-electron chi connectivity index (χ3n) is 1.68. The van der Waals surface area contributed by atoms with E-state index >= 15 is 0 Å². The first-order chi connectivity index (χ1) is 7.68. The van der Waals surface area contributed by atoms with Gasteiger partial charge in [0.05, 0.1) is 5.75 Å². The average molecular weight is 256 g/mol. The second-order valence-corrected chi connectivity index (χ2v) is 6.03. The van der Waals surface area contributed by atoms with Crippen molar-refractivity contribution < 1.29 is 4.79 Å². The van der Waals surface area contributed by atoms with E-state index in [-0.39, 0.29) is 5.91 Å². The zero-order valence-electron chi connectivity index (χ0n) is 9.47. The molecule has 0 spiro atoms. The summed E-state index contributed by atoms with van der Waals surface area (Å²) in [7, 11) is 3.04. The summed E-state index contributed by atoms with van der Waals surface area (Å²) < 4.78 is 0. The molecule has 16 heavy (non-hydrogen) atoms. The monoisotopic (exact) mass is 256 g/mol. The van der Waals surface area contributed by atoms with Crippen LogP contribution >= 0.6 is 21.6 Å². The predicted molar refractivity (Wildman–Crippen MR) is 70.4 cm³/mol. The van der Waals surface area contributed by atoms with E-state index in [0.717, 1.165) is 11.6 Å². The van der Waals surface area contributed by atoms with Gasteiger partial charge in [-0.15, -0.1) is 0 Å². The molecule has 1 heterocycles. The van der Waals surface area contributed by atoms with E-state index in [4.69, 9.17) is 0 Å². The van der Waals surface area contributed by atoms with Gasteiger partial charge < -0.3 is 5.32 Å². The fourth-order valence-electron chi connectivity index (χ4n) is 0.909. The Hall–Kier alpha value is -0.680. The lowest BCUT2D eigenvalue weighted by Crippen LogP contribution is -2.28. The minimum Gasteiger partial charge on any atom is -0.355 e. The predicted octanol–water partition coefficient (Wildman–Crippen LogP) is 2.59. The van der Waals surface area contributed by atoms with Crippen LogP contribution in [0.25, 0.3) is 0 Å². The number of nitrogens with one attached hydrogen (secondary N) is 1. The van der Waals surface area contributed by atoms with E-state index < -0.39 is 0 Å². The normalized spacial score (nSPS) is 10.4. The molecule has 0 aliphatic heterocycles. The van der Waals surface area contributed by atoms with E-state index in [1.54, 1.807) is 6.20 Å². The molecule has 0 bridgehead atoms. The van der Waals surface area contributed by atoms with Gasteiger partial charge in [-0.2, -0.15) is 0 Å². The van der Waals surface area contributed by atoms with Crippen molar-refractivity contribution in [2.75, 3.05) is 12.3 Å². The quantitative estimate of drug-likeness (QED) is 0.794. The minimum atomic E-state index is 0.0853. The molecule has 1 aromatic rings. The van der Waals surface area contributed by atoms with Crippen molar-refractivity contribution in [1.82, 2.24) is 10.3 Å². The topological polar surface area (TPSA) is 42.0 Å². The molecule has 1 aromatic heterocycles. The highest BCUT2D eigenvalue weighted by atomic mass is 33.1.